The van der Waals surface area contributed by atoms with Crippen molar-refractivity contribution >= 4 is 15.9 Å². The van der Waals surface area contributed by atoms with Crippen LogP contribution in [0.4, 0.5) is 10.1 Å². The van der Waals surface area contributed by atoms with E-state index in [0.717, 1.165) is 19.0 Å². The molecule has 3 rings (SSSR count). The van der Waals surface area contributed by atoms with Crippen molar-refractivity contribution < 1.29 is 23.0 Å². The fraction of sp³-hybridized carbons (Fsp3) is 0.429. The molecule has 0 spiro atoms. The molecule has 2 aliphatic rings. The number of benzene rings is 1. The van der Waals surface area contributed by atoms with Gasteiger partial charge in [0, 0.05) is 0 Å². The molecule has 8 heteroatoms. The highest BCUT2D eigenvalue weighted by Gasteiger charge is 2.35. The first-order valence-electron chi connectivity index (χ1n) is 7.09. The molecule has 3 N–H and O–H groups in total. The minimum absolute atomic E-state index is 0.344. The van der Waals surface area contributed by atoms with E-state index in [1.807, 2.05) is 11.6 Å². The second kappa shape index (κ2) is 5.05. The second-order valence-electron chi connectivity index (χ2n) is 5.63. The van der Waals surface area contributed by atoms with Gasteiger partial charge in [0.1, 0.15) is 11.4 Å². The number of aromatic hydroxyl groups is 1. The zero-order chi connectivity index (χ0) is 16.1. The van der Waals surface area contributed by atoms with E-state index >= 15 is 0 Å². The molecule has 0 saturated heterocycles. The van der Waals surface area contributed by atoms with Crippen molar-refractivity contribution in [2.75, 3.05) is 4.31 Å². The molecule has 0 amide bonds. The summed E-state index contributed by atoms with van der Waals surface area (Å²) in [6, 6.07) is 1.42. The van der Waals surface area contributed by atoms with Crippen LogP contribution in [-0.2, 0) is 23.1 Å². The predicted molar refractivity (Wildman–Crippen MR) is 79.1 cm³/mol. The third-order valence-electron chi connectivity index (χ3n) is 4.26. The number of phenols is 1. The van der Waals surface area contributed by atoms with E-state index in [1.54, 1.807) is 0 Å². The third kappa shape index (κ3) is 2.27. The lowest BCUT2D eigenvalue weighted by Crippen LogP contribution is -2.31. The molecule has 0 fully saturated rings. The highest BCUT2D eigenvalue weighted by atomic mass is 32.2. The Morgan fingerprint density at radius 3 is 2.77 bits per heavy atom. The van der Waals surface area contributed by atoms with Gasteiger partial charge >= 0.3 is 10.2 Å². The molecule has 1 aromatic rings. The van der Waals surface area contributed by atoms with E-state index in [0.29, 0.717) is 34.2 Å². The number of hydrogen-bond donors (Lipinski definition) is 3. The third-order valence-corrected chi connectivity index (χ3v) is 5.53. The van der Waals surface area contributed by atoms with Crippen LogP contribution in [0.5, 0.6) is 5.75 Å². The number of phenolic OH excluding ortho intramolecular Hbond substituents is 1. The lowest BCUT2D eigenvalue weighted by atomic mass is 9.82. The number of fused-ring (bicyclic) bond motifs is 1. The van der Waals surface area contributed by atoms with E-state index in [1.165, 1.54) is 6.07 Å². The van der Waals surface area contributed by atoms with Crippen molar-refractivity contribution in [2.45, 2.75) is 32.6 Å². The van der Waals surface area contributed by atoms with E-state index in [2.05, 4.69) is 0 Å². The fourth-order valence-corrected chi connectivity index (χ4v) is 4.11. The molecule has 1 atom stereocenters. The Bertz CT molecular complexity index is 761. The Hall–Kier alpha value is -1.96. The molecule has 0 bridgehead atoms. The normalized spacial score (nSPS) is 22.9. The van der Waals surface area contributed by atoms with Crippen molar-refractivity contribution in [2.24, 2.45) is 5.92 Å². The van der Waals surface area contributed by atoms with Crippen LogP contribution in [0.1, 0.15) is 30.9 Å². The maximum absolute atomic E-state index is 14.8. The van der Waals surface area contributed by atoms with Crippen LogP contribution >= 0.6 is 0 Å². The van der Waals surface area contributed by atoms with Crippen LogP contribution in [0.2, 0.25) is 0 Å². The average molecular weight is 328 g/mol. The quantitative estimate of drug-likeness (QED) is 0.775. The van der Waals surface area contributed by atoms with E-state index in [9.17, 15) is 23.0 Å². The standard InChI is InChI=1S/C14H17FN2O4S/c1-2-8-3-4-9-6-11(18)14(13(15)10(9)5-8)17-7-12(19)16-22(17,20)21/h6-8,16,18-19H,2-5H2,1H3. The van der Waals surface area contributed by atoms with Gasteiger partial charge in [-0.15, -0.1) is 0 Å². The second-order valence-corrected chi connectivity index (χ2v) is 7.18. The van der Waals surface area contributed by atoms with Gasteiger partial charge < -0.3 is 10.2 Å². The number of nitrogens with one attached hydrogen (secondary N) is 1. The van der Waals surface area contributed by atoms with Crippen molar-refractivity contribution in [3.8, 4) is 5.75 Å². The number of rotatable bonds is 2. The number of hydrogen-bond acceptors (Lipinski definition) is 4. The fourth-order valence-electron chi connectivity index (χ4n) is 3.04. The van der Waals surface area contributed by atoms with Crippen molar-refractivity contribution in [1.29, 1.82) is 0 Å². The highest BCUT2D eigenvalue weighted by Crippen LogP contribution is 2.41. The maximum Gasteiger partial charge on any atom is 0.330 e. The number of aryl methyl sites for hydroxylation is 1. The Balaban J connectivity index is 2.14. The van der Waals surface area contributed by atoms with Crippen LogP contribution < -0.4 is 9.03 Å². The molecule has 0 radical (unpaired) electrons. The van der Waals surface area contributed by atoms with Gasteiger partial charge in [-0.25, -0.2) is 13.4 Å². The Kier molecular flexibility index (Phi) is 3.43. The van der Waals surface area contributed by atoms with E-state index < -0.39 is 33.3 Å². The molecule has 0 aromatic heterocycles. The number of aliphatic hydroxyl groups is 1. The first kappa shape index (κ1) is 15.0. The molecule has 1 unspecified atom stereocenters. The zero-order valence-corrected chi connectivity index (χ0v) is 12.8. The van der Waals surface area contributed by atoms with Crippen molar-refractivity contribution in [1.82, 2.24) is 4.72 Å². The number of halogens is 1. The van der Waals surface area contributed by atoms with Crippen LogP contribution in [-0.4, -0.2) is 18.6 Å². The molecule has 1 aliphatic carbocycles. The smallest absolute Gasteiger partial charge is 0.330 e. The lowest BCUT2D eigenvalue weighted by Gasteiger charge is -2.26. The minimum atomic E-state index is -4.14. The van der Waals surface area contributed by atoms with Crippen LogP contribution in [0.3, 0.4) is 0 Å². The largest absolute Gasteiger partial charge is 0.506 e. The monoisotopic (exact) mass is 328 g/mol. The Morgan fingerprint density at radius 1 is 1.45 bits per heavy atom. The number of nitrogens with zero attached hydrogens (tertiary/aromatic N) is 1. The van der Waals surface area contributed by atoms with Gasteiger partial charge in [0.25, 0.3) is 0 Å². The van der Waals surface area contributed by atoms with Gasteiger partial charge in [-0.2, -0.15) is 8.42 Å². The zero-order valence-electron chi connectivity index (χ0n) is 12.0. The lowest BCUT2D eigenvalue weighted by molar-refractivity contribution is 0.392. The topological polar surface area (TPSA) is 89.9 Å². The summed E-state index contributed by atoms with van der Waals surface area (Å²) in [4.78, 5) is 0. The van der Waals surface area contributed by atoms with Crippen LogP contribution in [0.25, 0.3) is 0 Å². The minimum Gasteiger partial charge on any atom is -0.506 e. The molecule has 6 nitrogen and oxygen atoms in total. The summed E-state index contributed by atoms with van der Waals surface area (Å²) >= 11 is 0. The van der Waals surface area contributed by atoms with Crippen molar-refractivity contribution in [3.63, 3.8) is 0 Å². The van der Waals surface area contributed by atoms with E-state index in [4.69, 9.17) is 0 Å². The number of anilines is 1. The van der Waals surface area contributed by atoms with Crippen molar-refractivity contribution in [3.05, 3.63) is 35.1 Å². The summed E-state index contributed by atoms with van der Waals surface area (Å²) in [5.41, 5.74) is 0.703. The summed E-state index contributed by atoms with van der Waals surface area (Å²) in [6.07, 6.45) is 3.85. The molecule has 22 heavy (non-hydrogen) atoms. The molecular weight excluding hydrogens is 311 g/mol. The van der Waals surface area contributed by atoms with E-state index in [-0.39, 0.29) is 0 Å². The molecular formula is C14H17FN2O4S. The number of aliphatic hydroxyl groups excluding tert-OH is 1. The van der Waals surface area contributed by atoms with Gasteiger partial charge in [-0.3, -0.25) is 0 Å². The first-order chi connectivity index (χ1) is 10.3. The Labute approximate surface area is 128 Å². The summed E-state index contributed by atoms with van der Waals surface area (Å²) in [6.45, 7) is 2.03. The van der Waals surface area contributed by atoms with Gasteiger partial charge in [0.15, 0.2) is 5.82 Å². The van der Waals surface area contributed by atoms with Crippen LogP contribution in [0, 0.1) is 11.7 Å². The predicted octanol–water partition coefficient (Wildman–Crippen LogP) is 2.06. The van der Waals surface area contributed by atoms with Gasteiger partial charge in [0.2, 0.25) is 5.88 Å². The molecule has 1 aliphatic heterocycles. The van der Waals surface area contributed by atoms with Gasteiger partial charge in [-0.05, 0) is 42.4 Å². The molecule has 0 saturated carbocycles. The summed E-state index contributed by atoms with van der Waals surface area (Å²) < 4.78 is 41.0. The first-order valence-corrected chi connectivity index (χ1v) is 8.53. The molecule has 120 valence electrons. The van der Waals surface area contributed by atoms with Gasteiger partial charge in [-0.1, -0.05) is 13.3 Å². The van der Waals surface area contributed by atoms with Gasteiger partial charge in [0.05, 0.1) is 6.20 Å². The van der Waals surface area contributed by atoms with Crippen LogP contribution in [0.15, 0.2) is 18.1 Å². The SMILES string of the molecule is CCC1CCc2cc(O)c(N3C=C(O)NS3(=O)=O)c(F)c2C1. The average Bonchev–Trinajstić information content (AvgIpc) is 2.71. The summed E-state index contributed by atoms with van der Waals surface area (Å²) in [7, 11) is -4.14. The molecule has 1 heterocycles. The summed E-state index contributed by atoms with van der Waals surface area (Å²) in [5, 5.41) is 19.4. The molecule has 1 aromatic carbocycles. The summed E-state index contributed by atoms with van der Waals surface area (Å²) in [5.74, 6) is -1.48. The maximum atomic E-state index is 14.8. The Morgan fingerprint density at radius 2 is 2.18 bits per heavy atom. The highest BCUT2D eigenvalue weighted by molar-refractivity contribution is 7.91.